The van der Waals surface area contributed by atoms with Crippen molar-refractivity contribution in [3.63, 3.8) is 0 Å². The van der Waals surface area contributed by atoms with Crippen molar-refractivity contribution in [2.75, 3.05) is 11.3 Å². The van der Waals surface area contributed by atoms with Gasteiger partial charge in [0, 0.05) is 0 Å². The molecule has 0 unspecified atom stereocenters. The monoisotopic (exact) mass is 310 g/mol. The van der Waals surface area contributed by atoms with Crippen LogP contribution >= 0.6 is 0 Å². The first-order valence-corrected chi connectivity index (χ1v) is 7.59. The average molecular weight is 310 g/mol. The Labute approximate surface area is 121 Å². The Morgan fingerprint density at radius 1 is 1.33 bits per heavy atom. The molecule has 0 atom stereocenters. The number of benzene rings is 1. The van der Waals surface area contributed by atoms with Gasteiger partial charge in [0.25, 0.3) is 16.0 Å². The van der Waals surface area contributed by atoms with Gasteiger partial charge in [0.05, 0.1) is 17.1 Å². The summed E-state index contributed by atoms with van der Waals surface area (Å²) in [5, 5.41) is 6.23. The summed E-state index contributed by atoms with van der Waals surface area (Å²) in [6, 6.07) is 5.40. The second kappa shape index (κ2) is 5.92. The van der Waals surface area contributed by atoms with Crippen LogP contribution in [0.2, 0.25) is 0 Å². The maximum atomic E-state index is 12.1. The number of nitrogens with one attached hydrogen (secondary N) is 2. The van der Waals surface area contributed by atoms with Gasteiger partial charge in [0.15, 0.2) is 0 Å². The van der Waals surface area contributed by atoms with Gasteiger partial charge in [-0.3, -0.25) is 5.10 Å². The van der Waals surface area contributed by atoms with Crippen molar-refractivity contribution in [2.45, 2.75) is 18.7 Å². The maximum Gasteiger partial charge on any atom is 0.338 e. The van der Waals surface area contributed by atoms with E-state index in [1.54, 1.807) is 13.8 Å². The van der Waals surface area contributed by atoms with E-state index in [9.17, 15) is 13.2 Å². The van der Waals surface area contributed by atoms with Crippen LogP contribution in [-0.4, -0.2) is 36.2 Å². The largest absolute Gasteiger partial charge is 0.462 e. The first-order valence-electron chi connectivity index (χ1n) is 6.11. The summed E-state index contributed by atoms with van der Waals surface area (Å²) in [5.41, 5.74) is 0.282. The van der Waals surface area contributed by atoms with Crippen LogP contribution in [0, 0.1) is 6.92 Å². The van der Waals surface area contributed by atoms with E-state index in [-0.39, 0.29) is 23.0 Å². The molecule has 0 saturated heterocycles. The van der Waals surface area contributed by atoms with E-state index in [1.807, 2.05) is 0 Å². The lowest BCUT2D eigenvalue weighted by atomic mass is 10.2. The van der Waals surface area contributed by atoms with Crippen LogP contribution in [0.1, 0.15) is 23.1 Å². The van der Waals surface area contributed by atoms with Crippen molar-refractivity contribution in [2.24, 2.45) is 0 Å². The molecule has 8 nitrogen and oxygen atoms in total. The molecule has 1 aromatic carbocycles. The highest BCUT2D eigenvalue weighted by atomic mass is 32.2. The minimum absolute atomic E-state index is 0.00185. The van der Waals surface area contributed by atoms with Crippen LogP contribution in [-0.2, 0) is 14.8 Å². The number of esters is 1. The van der Waals surface area contributed by atoms with Crippen LogP contribution < -0.4 is 4.72 Å². The summed E-state index contributed by atoms with van der Waals surface area (Å²) in [6.07, 6.45) is 0. The topological polar surface area (TPSA) is 114 Å². The van der Waals surface area contributed by atoms with Gasteiger partial charge in [-0.25, -0.2) is 17.9 Å². The molecule has 0 fully saturated rings. The number of ether oxygens (including phenoxy) is 1. The van der Waals surface area contributed by atoms with Gasteiger partial charge in [-0.1, -0.05) is 0 Å². The van der Waals surface area contributed by atoms with Crippen molar-refractivity contribution in [1.29, 1.82) is 0 Å². The summed E-state index contributed by atoms with van der Waals surface area (Å²) >= 11 is 0. The van der Waals surface area contributed by atoms with Crippen LogP contribution in [0.25, 0.3) is 0 Å². The van der Waals surface area contributed by atoms with E-state index in [4.69, 9.17) is 4.74 Å². The summed E-state index contributed by atoms with van der Waals surface area (Å²) < 4.78 is 31.2. The predicted molar refractivity (Wildman–Crippen MR) is 74.3 cm³/mol. The molecule has 0 aliphatic rings. The van der Waals surface area contributed by atoms with E-state index >= 15 is 0 Å². The molecule has 0 bridgehead atoms. The molecular weight excluding hydrogens is 296 g/mol. The van der Waals surface area contributed by atoms with Crippen LogP contribution in [0.5, 0.6) is 0 Å². The molecule has 1 heterocycles. The number of hydrogen-bond donors (Lipinski definition) is 2. The fourth-order valence-corrected chi connectivity index (χ4v) is 2.50. The molecular formula is C12H14N4O4S. The smallest absolute Gasteiger partial charge is 0.338 e. The molecule has 0 amide bonds. The van der Waals surface area contributed by atoms with Gasteiger partial charge in [-0.15, -0.1) is 5.10 Å². The number of hydrogen-bond acceptors (Lipinski definition) is 6. The van der Waals surface area contributed by atoms with Gasteiger partial charge in [0.2, 0.25) is 0 Å². The van der Waals surface area contributed by atoms with Crippen LogP contribution in [0.3, 0.4) is 0 Å². The molecule has 0 saturated carbocycles. The van der Waals surface area contributed by atoms with Gasteiger partial charge >= 0.3 is 5.97 Å². The molecule has 112 valence electrons. The van der Waals surface area contributed by atoms with Gasteiger partial charge < -0.3 is 4.74 Å². The van der Waals surface area contributed by atoms with E-state index in [0.29, 0.717) is 5.82 Å². The number of aromatic nitrogens is 3. The minimum Gasteiger partial charge on any atom is -0.462 e. The van der Waals surface area contributed by atoms with E-state index < -0.39 is 16.0 Å². The van der Waals surface area contributed by atoms with E-state index in [0.717, 1.165) is 0 Å². The number of anilines is 1. The third kappa shape index (κ3) is 3.57. The zero-order valence-corrected chi connectivity index (χ0v) is 12.3. The van der Waals surface area contributed by atoms with Gasteiger partial charge in [-0.2, -0.15) is 4.98 Å². The lowest BCUT2D eigenvalue weighted by Crippen LogP contribution is -2.14. The number of nitrogens with zero attached hydrogens (tertiary/aromatic N) is 2. The number of aryl methyl sites for hydroxylation is 1. The number of H-pyrrole nitrogens is 1. The lowest BCUT2D eigenvalue weighted by molar-refractivity contribution is 0.0526. The molecule has 0 aliphatic heterocycles. The van der Waals surface area contributed by atoms with Crippen LogP contribution in [0.4, 0.5) is 5.95 Å². The summed E-state index contributed by atoms with van der Waals surface area (Å²) in [7, 11) is -3.80. The Bertz CT molecular complexity index is 737. The number of rotatable bonds is 5. The summed E-state index contributed by atoms with van der Waals surface area (Å²) in [5.74, 6) is -0.0497. The molecule has 0 radical (unpaired) electrons. The SMILES string of the molecule is CCOC(=O)c1ccc(S(=O)(=O)Nc2n[nH]c(C)n2)cc1. The fourth-order valence-electron chi connectivity index (χ4n) is 1.55. The first-order chi connectivity index (χ1) is 9.92. The number of carbonyl (C=O) groups excluding carboxylic acids is 1. The fraction of sp³-hybridized carbons (Fsp3) is 0.250. The molecule has 0 aliphatic carbocycles. The molecule has 0 spiro atoms. The molecule has 9 heteroatoms. The van der Waals surface area contributed by atoms with Crippen molar-refractivity contribution in [3.05, 3.63) is 35.7 Å². The van der Waals surface area contributed by atoms with Gasteiger partial charge in [0.1, 0.15) is 5.82 Å². The standard InChI is InChI=1S/C12H14N4O4S/c1-3-20-11(17)9-4-6-10(7-5-9)21(18,19)16-12-13-8(2)14-15-12/h4-7H,3H2,1-2H3,(H2,13,14,15,16). The van der Waals surface area contributed by atoms with Gasteiger partial charge in [-0.05, 0) is 38.1 Å². The number of aromatic amines is 1. The molecule has 2 rings (SSSR count). The first kappa shape index (κ1) is 15.0. The Balaban J connectivity index is 2.19. The van der Waals surface area contributed by atoms with Crippen molar-refractivity contribution < 1.29 is 17.9 Å². The molecule has 1 aromatic heterocycles. The van der Waals surface area contributed by atoms with Crippen LogP contribution in [0.15, 0.2) is 29.2 Å². The molecule has 2 N–H and O–H groups in total. The average Bonchev–Trinajstić information content (AvgIpc) is 2.84. The normalized spacial score (nSPS) is 11.1. The Morgan fingerprint density at radius 3 is 2.52 bits per heavy atom. The molecule has 21 heavy (non-hydrogen) atoms. The minimum atomic E-state index is -3.80. The summed E-state index contributed by atoms with van der Waals surface area (Å²) in [4.78, 5) is 15.3. The lowest BCUT2D eigenvalue weighted by Gasteiger charge is -2.06. The highest BCUT2D eigenvalue weighted by Crippen LogP contribution is 2.14. The quantitative estimate of drug-likeness (QED) is 0.799. The second-order valence-corrected chi connectivity index (χ2v) is 5.78. The third-order valence-electron chi connectivity index (χ3n) is 2.50. The number of sulfonamides is 1. The maximum absolute atomic E-state index is 12.1. The zero-order valence-electron chi connectivity index (χ0n) is 11.5. The van der Waals surface area contributed by atoms with E-state index in [2.05, 4.69) is 19.9 Å². The highest BCUT2D eigenvalue weighted by molar-refractivity contribution is 7.92. The Hall–Kier alpha value is -2.42. The molecule has 2 aromatic rings. The van der Waals surface area contributed by atoms with Crippen molar-refractivity contribution in [3.8, 4) is 0 Å². The predicted octanol–water partition coefficient (Wildman–Crippen LogP) is 1.09. The van der Waals surface area contributed by atoms with Crippen molar-refractivity contribution >= 4 is 21.9 Å². The second-order valence-electron chi connectivity index (χ2n) is 4.09. The highest BCUT2D eigenvalue weighted by Gasteiger charge is 2.17. The Morgan fingerprint density at radius 2 is 2.00 bits per heavy atom. The zero-order chi connectivity index (χ0) is 15.5. The van der Waals surface area contributed by atoms with Crippen molar-refractivity contribution in [1.82, 2.24) is 15.2 Å². The third-order valence-corrected chi connectivity index (χ3v) is 3.84. The van der Waals surface area contributed by atoms with E-state index in [1.165, 1.54) is 24.3 Å². The summed E-state index contributed by atoms with van der Waals surface area (Å²) in [6.45, 7) is 3.60. The number of carbonyl (C=O) groups is 1. The Kier molecular flexibility index (Phi) is 4.22.